The largest absolute Gasteiger partial charge is 0.348 e. The van der Waals surface area contributed by atoms with Gasteiger partial charge in [-0.2, -0.15) is 0 Å². The van der Waals surface area contributed by atoms with E-state index in [2.05, 4.69) is 65.8 Å². The van der Waals surface area contributed by atoms with E-state index in [-0.39, 0.29) is 12.2 Å². The Morgan fingerprint density at radius 2 is 1.42 bits per heavy atom. The van der Waals surface area contributed by atoms with Crippen LogP contribution in [0.3, 0.4) is 0 Å². The Kier molecular flexibility index (Phi) is 3.32. The van der Waals surface area contributed by atoms with Crippen LogP contribution in [0.2, 0.25) is 0 Å². The van der Waals surface area contributed by atoms with Crippen LogP contribution in [0.5, 0.6) is 0 Å². The van der Waals surface area contributed by atoms with E-state index in [1.54, 1.807) is 0 Å². The van der Waals surface area contributed by atoms with Crippen LogP contribution in [0, 0.1) is 0 Å². The summed E-state index contributed by atoms with van der Waals surface area (Å²) in [7, 11) is 2.05. The van der Waals surface area contributed by atoms with Gasteiger partial charge in [0.1, 0.15) is 11.2 Å². The lowest BCUT2D eigenvalue weighted by Gasteiger charge is -2.20. The zero-order chi connectivity index (χ0) is 13.2. The first-order valence-corrected chi connectivity index (χ1v) is 6.81. The maximum Gasteiger partial charge on any atom is 0.107 e. The van der Waals surface area contributed by atoms with Crippen molar-refractivity contribution in [3.63, 3.8) is 0 Å². The van der Waals surface area contributed by atoms with E-state index < -0.39 is 0 Å². The van der Waals surface area contributed by atoms with Crippen LogP contribution < -0.4 is 5.32 Å². The molecule has 1 aliphatic heterocycles. The van der Waals surface area contributed by atoms with Gasteiger partial charge in [0, 0.05) is 7.05 Å². The highest BCUT2D eigenvalue weighted by atomic mass is 32.1. The molecule has 1 N–H and O–H groups in total. The summed E-state index contributed by atoms with van der Waals surface area (Å²) in [5, 5.41) is 3.61. The summed E-state index contributed by atoms with van der Waals surface area (Å²) in [5.74, 6) is 0. The molecule has 96 valence electrons. The van der Waals surface area contributed by atoms with E-state index in [4.69, 9.17) is 12.2 Å². The van der Waals surface area contributed by atoms with Gasteiger partial charge in [0.15, 0.2) is 0 Å². The van der Waals surface area contributed by atoms with Crippen LogP contribution in [0.1, 0.15) is 23.3 Å². The normalized spacial score (nSPS) is 22.8. The van der Waals surface area contributed by atoms with Gasteiger partial charge < -0.3 is 4.90 Å². The molecule has 0 spiro atoms. The molecule has 2 unspecified atom stereocenters. The van der Waals surface area contributed by atoms with Crippen LogP contribution in [0.25, 0.3) is 0 Å². The molecule has 2 aromatic carbocycles. The first kappa shape index (κ1) is 12.3. The second-order valence-corrected chi connectivity index (χ2v) is 5.19. The molecule has 1 fully saturated rings. The first-order valence-electron chi connectivity index (χ1n) is 6.40. The van der Waals surface area contributed by atoms with E-state index in [1.165, 1.54) is 11.1 Å². The molecule has 3 heteroatoms. The Morgan fingerprint density at radius 3 is 2.00 bits per heavy atom. The SMILES string of the molecule is CN1C(=S)C(c2ccccc2)NC1c1ccccc1. The van der Waals surface area contributed by atoms with Crippen LogP contribution in [0.4, 0.5) is 0 Å². The standard InChI is InChI=1S/C16H16N2S/c1-18-15(13-10-6-3-7-11-13)17-14(16(18)19)12-8-4-2-5-9-12/h2-11,14-15,17H,1H3. The van der Waals surface area contributed by atoms with Gasteiger partial charge in [0.05, 0.1) is 6.04 Å². The molecule has 19 heavy (non-hydrogen) atoms. The van der Waals surface area contributed by atoms with E-state index >= 15 is 0 Å². The van der Waals surface area contributed by atoms with E-state index in [0.717, 1.165) is 4.99 Å². The number of hydrogen-bond donors (Lipinski definition) is 1. The second kappa shape index (κ2) is 5.11. The van der Waals surface area contributed by atoms with E-state index in [1.807, 2.05) is 12.1 Å². The molecular weight excluding hydrogens is 252 g/mol. The predicted molar refractivity (Wildman–Crippen MR) is 81.9 cm³/mol. The third-order valence-electron chi connectivity index (χ3n) is 3.55. The smallest absolute Gasteiger partial charge is 0.107 e. The maximum atomic E-state index is 5.59. The van der Waals surface area contributed by atoms with Crippen molar-refractivity contribution in [3.8, 4) is 0 Å². The van der Waals surface area contributed by atoms with Crippen LogP contribution in [0.15, 0.2) is 60.7 Å². The molecule has 2 nitrogen and oxygen atoms in total. The molecule has 3 rings (SSSR count). The number of rotatable bonds is 2. The van der Waals surface area contributed by atoms with Crippen LogP contribution in [-0.2, 0) is 0 Å². The first-order chi connectivity index (χ1) is 9.27. The van der Waals surface area contributed by atoms with Gasteiger partial charge in [-0.3, -0.25) is 5.32 Å². The fraction of sp³-hybridized carbons (Fsp3) is 0.188. The van der Waals surface area contributed by atoms with Gasteiger partial charge in [-0.1, -0.05) is 72.9 Å². The number of hydrogen-bond acceptors (Lipinski definition) is 2. The molecule has 0 saturated carbocycles. The van der Waals surface area contributed by atoms with Crippen molar-refractivity contribution < 1.29 is 0 Å². The molecule has 0 radical (unpaired) electrons. The van der Waals surface area contributed by atoms with Gasteiger partial charge in [0.25, 0.3) is 0 Å². The van der Waals surface area contributed by atoms with E-state index in [0.29, 0.717) is 0 Å². The van der Waals surface area contributed by atoms with Gasteiger partial charge in [-0.25, -0.2) is 0 Å². The fourth-order valence-electron chi connectivity index (χ4n) is 2.51. The summed E-state index contributed by atoms with van der Waals surface area (Å²) in [5.41, 5.74) is 2.46. The van der Waals surface area contributed by atoms with Crippen molar-refractivity contribution in [2.75, 3.05) is 7.05 Å². The monoisotopic (exact) mass is 268 g/mol. The van der Waals surface area contributed by atoms with Crippen molar-refractivity contribution in [3.05, 3.63) is 71.8 Å². The average Bonchev–Trinajstić information content (AvgIpc) is 2.77. The van der Waals surface area contributed by atoms with Crippen LogP contribution in [-0.4, -0.2) is 16.9 Å². The quantitative estimate of drug-likeness (QED) is 0.841. The highest BCUT2D eigenvalue weighted by Gasteiger charge is 2.34. The molecule has 1 saturated heterocycles. The molecule has 0 amide bonds. The summed E-state index contributed by atoms with van der Waals surface area (Å²) >= 11 is 5.59. The number of nitrogens with one attached hydrogen (secondary N) is 1. The van der Waals surface area contributed by atoms with Crippen LogP contribution >= 0.6 is 12.2 Å². The summed E-state index contributed by atoms with van der Waals surface area (Å²) in [6, 6.07) is 20.9. The summed E-state index contributed by atoms with van der Waals surface area (Å²) in [4.78, 5) is 3.09. The number of likely N-dealkylation sites (N-methyl/N-ethyl adjacent to an activating group) is 1. The lowest BCUT2D eigenvalue weighted by Crippen LogP contribution is -2.25. The lowest BCUT2D eigenvalue weighted by atomic mass is 10.1. The minimum atomic E-state index is 0.117. The van der Waals surface area contributed by atoms with Gasteiger partial charge in [-0.05, 0) is 11.1 Å². The van der Waals surface area contributed by atoms with Crippen molar-refractivity contribution in [2.45, 2.75) is 12.2 Å². The number of thiocarbonyl (C=S) groups is 1. The lowest BCUT2D eigenvalue weighted by molar-refractivity contribution is 0.368. The number of benzene rings is 2. The fourth-order valence-corrected chi connectivity index (χ4v) is 2.82. The van der Waals surface area contributed by atoms with Gasteiger partial charge in [-0.15, -0.1) is 0 Å². The average molecular weight is 268 g/mol. The van der Waals surface area contributed by atoms with Crippen molar-refractivity contribution in [2.24, 2.45) is 0 Å². The summed E-state index contributed by atoms with van der Waals surface area (Å²) < 4.78 is 0. The molecule has 2 atom stereocenters. The third kappa shape index (κ3) is 2.27. The Morgan fingerprint density at radius 1 is 0.895 bits per heavy atom. The highest BCUT2D eigenvalue weighted by Crippen LogP contribution is 2.31. The van der Waals surface area contributed by atoms with Crippen molar-refractivity contribution >= 4 is 17.2 Å². The number of nitrogens with zero attached hydrogens (tertiary/aromatic N) is 1. The third-order valence-corrected chi connectivity index (χ3v) is 4.08. The van der Waals surface area contributed by atoms with Crippen molar-refractivity contribution in [1.82, 2.24) is 10.2 Å². The molecular formula is C16H16N2S. The Labute approximate surface area is 119 Å². The Balaban J connectivity index is 1.90. The Bertz CT molecular complexity index is 568. The molecule has 0 bridgehead atoms. The summed E-state index contributed by atoms with van der Waals surface area (Å²) in [6.45, 7) is 0. The molecule has 1 heterocycles. The molecule has 0 aromatic heterocycles. The zero-order valence-electron chi connectivity index (χ0n) is 10.8. The van der Waals surface area contributed by atoms with Gasteiger partial charge >= 0.3 is 0 Å². The second-order valence-electron chi connectivity index (χ2n) is 4.77. The topological polar surface area (TPSA) is 15.3 Å². The molecule has 2 aromatic rings. The van der Waals surface area contributed by atoms with Crippen molar-refractivity contribution in [1.29, 1.82) is 0 Å². The minimum Gasteiger partial charge on any atom is -0.348 e. The highest BCUT2D eigenvalue weighted by molar-refractivity contribution is 7.80. The minimum absolute atomic E-state index is 0.117. The van der Waals surface area contributed by atoms with E-state index in [9.17, 15) is 0 Å². The zero-order valence-corrected chi connectivity index (χ0v) is 11.6. The summed E-state index contributed by atoms with van der Waals surface area (Å²) in [6.07, 6.45) is 0.152. The molecule has 1 aliphatic rings. The predicted octanol–water partition coefficient (Wildman–Crippen LogP) is 3.29. The molecule has 0 aliphatic carbocycles. The maximum absolute atomic E-state index is 5.59. The van der Waals surface area contributed by atoms with Gasteiger partial charge in [0.2, 0.25) is 0 Å². The Hall–Kier alpha value is -1.71.